The van der Waals surface area contributed by atoms with Crippen molar-refractivity contribution in [2.45, 2.75) is 32.4 Å². The normalized spacial score (nSPS) is 15.4. The van der Waals surface area contributed by atoms with Gasteiger partial charge in [-0.15, -0.1) is 0 Å². The number of nitrogens with zero attached hydrogens (tertiary/aromatic N) is 1. The van der Waals surface area contributed by atoms with Crippen LogP contribution in [0.25, 0.3) is 0 Å². The second-order valence-corrected chi connectivity index (χ2v) is 7.29. The number of hydrogen-bond acceptors (Lipinski definition) is 7. The van der Waals surface area contributed by atoms with Gasteiger partial charge in [0, 0.05) is 12.5 Å². The van der Waals surface area contributed by atoms with E-state index < -0.39 is 35.8 Å². The summed E-state index contributed by atoms with van der Waals surface area (Å²) in [6, 6.07) is 9.57. The van der Waals surface area contributed by atoms with Gasteiger partial charge in [0.05, 0.1) is 26.2 Å². The van der Waals surface area contributed by atoms with Crippen molar-refractivity contribution >= 4 is 23.7 Å². The van der Waals surface area contributed by atoms with E-state index in [0.29, 0.717) is 34.8 Å². The molecule has 0 aliphatic carbocycles. The molecule has 2 atom stereocenters. The molecule has 2 unspecified atom stereocenters. The standard InChI is InChI=1S/C23H25N3O7/c1-4-32-19-11-14(9-10-18(19)31-3)17(12-20(28)25-33-13(2)27)26-21(22(24)29)15-7-5-6-8-16(15)23(26)30/h5-11,17,21H,4,12H2,1-3H3,(H2,24,29)(H,25,28). The Kier molecular flexibility index (Phi) is 7.17. The molecule has 1 heterocycles. The fourth-order valence-electron chi connectivity index (χ4n) is 3.84. The first-order chi connectivity index (χ1) is 15.8. The first-order valence-corrected chi connectivity index (χ1v) is 10.3. The summed E-state index contributed by atoms with van der Waals surface area (Å²) in [5.41, 5.74) is 9.02. The topological polar surface area (TPSA) is 137 Å². The number of rotatable bonds is 8. The molecule has 1 aliphatic heterocycles. The van der Waals surface area contributed by atoms with Crippen molar-refractivity contribution in [3.05, 3.63) is 59.2 Å². The highest BCUT2D eigenvalue weighted by Crippen LogP contribution is 2.42. The summed E-state index contributed by atoms with van der Waals surface area (Å²) in [6.45, 7) is 3.30. The summed E-state index contributed by atoms with van der Waals surface area (Å²) in [5, 5.41) is 0. The van der Waals surface area contributed by atoms with Crippen molar-refractivity contribution in [1.29, 1.82) is 0 Å². The van der Waals surface area contributed by atoms with Gasteiger partial charge < -0.3 is 24.9 Å². The summed E-state index contributed by atoms with van der Waals surface area (Å²) >= 11 is 0. The van der Waals surface area contributed by atoms with Gasteiger partial charge >= 0.3 is 5.97 Å². The van der Waals surface area contributed by atoms with E-state index in [1.165, 1.54) is 12.0 Å². The van der Waals surface area contributed by atoms with Crippen LogP contribution in [-0.2, 0) is 19.2 Å². The number of hydroxylamine groups is 1. The molecule has 0 saturated carbocycles. The average molecular weight is 455 g/mol. The summed E-state index contributed by atoms with van der Waals surface area (Å²) in [6.07, 6.45) is -0.311. The molecule has 3 rings (SSSR count). The highest BCUT2D eigenvalue weighted by Gasteiger charge is 2.44. The molecule has 0 saturated heterocycles. The predicted octanol–water partition coefficient (Wildman–Crippen LogP) is 1.80. The second kappa shape index (κ2) is 10.0. The molecule has 10 heteroatoms. The van der Waals surface area contributed by atoms with Gasteiger partial charge in [-0.3, -0.25) is 19.2 Å². The Bertz CT molecular complexity index is 1090. The molecular formula is C23H25N3O7. The van der Waals surface area contributed by atoms with Crippen molar-refractivity contribution < 1.29 is 33.5 Å². The van der Waals surface area contributed by atoms with E-state index in [9.17, 15) is 19.2 Å². The van der Waals surface area contributed by atoms with E-state index in [-0.39, 0.29) is 6.42 Å². The number of fused-ring (bicyclic) bond motifs is 1. The SMILES string of the molecule is CCOc1cc(C(CC(=O)NOC(C)=O)N2C(=O)c3ccccc3C2C(N)=O)ccc1OC. The van der Waals surface area contributed by atoms with Crippen molar-refractivity contribution in [2.24, 2.45) is 5.73 Å². The second-order valence-electron chi connectivity index (χ2n) is 7.29. The quantitative estimate of drug-likeness (QED) is 0.579. The maximum atomic E-state index is 13.4. The molecule has 0 radical (unpaired) electrons. The molecule has 0 bridgehead atoms. The zero-order valence-corrected chi connectivity index (χ0v) is 18.5. The molecule has 3 N–H and O–H groups in total. The minimum absolute atomic E-state index is 0.311. The molecule has 2 aromatic rings. The fraction of sp³-hybridized carbons (Fsp3) is 0.304. The molecule has 33 heavy (non-hydrogen) atoms. The maximum Gasteiger partial charge on any atom is 0.329 e. The highest BCUT2D eigenvalue weighted by atomic mass is 16.7. The van der Waals surface area contributed by atoms with E-state index in [0.717, 1.165) is 6.92 Å². The molecule has 0 spiro atoms. The van der Waals surface area contributed by atoms with E-state index in [1.807, 2.05) is 5.48 Å². The summed E-state index contributed by atoms with van der Waals surface area (Å²) in [4.78, 5) is 55.3. The zero-order valence-electron chi connectivity index (χ0n) is 18.5. The van der Waals surface area contributed by atoms with Crippen molar-refractivity contribution in [1.82, 2.24) is 10.4 Å². The predicted molar refractivity (Wildman–Crippen MR) is 116 cm³/mol. The lowest BCUT2D eigenvalue weighted by Gasteiger charge is -2.32. The Morgan fingerprint density at radius 2 is 1.88 bits per heavy atom. The summed E-state index contributed by atoms with van der Waals surface area (Å²) < 4.78 is 11.0. The number of ether oxygens (including phenoxy) is 2. The average Bonchev–Trinajstić information content (AvgIpc) is 3.09. The maximum absolute atomic E-state index is 13.4. The number of benzene rings is 2. The van der Waals surface area contributed by atoms with Crippen LogP contribution in [0.1, 0.15) is 53.8 Å². The third-order valence-electron chi connectivity index (χ3n) is 5.16. The summed E-state index contributed by atoms with van der Waals surface area (Å²) in [5.74, 6) is -1.70. The first kappa shape index (κ1) is 23.6. The number of carbonyl (C=O) groups is 4. The monoisotopic (exact) mass is 455 g/mol. The van der Waals surface area contributed by atoms with E-state index >= 15 is 0 Å². The van der Waals surface area contributed by atoms with Crippen LogP contribution in [0.3, 0.4) is 0 Å². The molecule has 1 aliphatic rings. The van der Waals surface area contributed by atoms with Gasteiger partial charge in [-0.25, -0.2) is 0 Å². The Morgan fingerprint density at radius 3 is 2.52 bits per heavy atom. The van der Waals surface area contributed by atoms with Gasteiger partial charge in [-0.1, -0.05) is 24.3 Å². The van der Waals surface area contributed by atoms with Crippen LogP contribution >= 0.6 is 0 Å². The van der Waals surface area contributed by atoms with Crippen molar-refractivity contribution in [3.63, 3.8) is 0 Å². The molecule has 3 amide bonds. The van der Waals surface area contributed by atoms with E-state index in [4.69, 9.17) is 15.2 Å². The minimum Gasteiger partial charge on any atom is -0.493 e. The van der Waals surface area contributed by atoms with Gasteiger partial charge in [0.2, 0.25) is 5.91 Å². The van der Waals surface area contributed by atoms with Crippen LogP contribution in [-0.4, -0.2) is 42.3 Å². The molecule has 10 nitrogen and oxygen atoms in total. The number of nitrogens with two attached hydrogens (primary N) is 1. The number of amides is 3. The third kappa shape index (κ3) is 4.89. The summed E-state index contributed by atoms with van der Waals surface area (Å²) in [7, 11) is 1.49. The number of carbonyl (C=O) groups excluding carboxylic acids is 4. The van der Waals surface area contributed by atoms with Gasteiger partial charge in [0.1, 0.15) is 6.04 Å². The van der Waals surface area contributed by atoms with Crippen LogP contribution in [0, 0.1) is 0 Å². The number of primary amides is 1. The lowest BCUT2D eigenvalue weighted by atomic mass is 9.98. The number of methoxy groups -OCH3 is 1. The van der Waals surface area contributed by atoms with Gasteiger partial charge in [-0.2, -0.15) is 5.48 Å². The molecule has 0 fully saturated rings. The van der Waals surface area contributed by atoms with Crippen LogP contribution in [0.5, 0.6) is 11.5 Å². The Morgan fingerprint density at radius 1 is 1.15 bits per heavy atom. The molecule has 2 aromatic carbocycles. The Balaban J connectivity index is 2.08. The minimum atomic E-state index is -1.09. The third-order valence-corrected chi connectivity index (χ3v) is 5.16. The van der Waals surface area contributed by atoms with E-state index in [1.54, 1.807) is 49.4 Å². The van der Waals surface area contributed by atoms with Gasteiger partial charge in [-0.05, 0) is 36.2 Å². The van der Waals surface area contributed by atoms with Crippen LogP contribution < -0.4 is 20.7 Å². The fourth-order valence-corrected chi connectivity index (χ4v) is 3.84. The number of nitrogens with one attached hydrogen (secondary N) is 1. The van der Waals surface area contributed by atoms with Gasteiger partial charge in [0.15, 0.2) is 11.5 Å². The first-order valence-electron chi connectivity index (χ1n) is 10.3. The Labute approximate surface area is 190 Å². The van der Waals surface area contributed by atoms with Gasteiger partial charge in [0.25, 0.3) is 11.8 Å². The van der Waals surface area contributed by atoms with Crippen LogP contribution in [0.2, 0.25) is 0 Å². The molecule has 0 aromatic heterocycles. The highest BCUT2D eigenvalue weighted by molar-refractivity contribution is 6.04. The van der Waals surface area contributed by atoms with Crippen molar-refractivity contribution in [3.8, 4) is 11.5 Å². The van der Waals surface area contributed by atoms with Crippen LogP contribution in [0.4, 0.5) is 0 Å². The van der Waals surface area contributed by atoms with E-state index in [2.05, 4.69) is 4.84 Å². The van der Waals surface area contributed by atoms with Crippen molar-refractivity contribution in [2.75, 3.05) is 13.7 Å². The zero-order chi connectivity index (χ0) is 24.1. The number of hydrogen-bond donors (Lipinski definition) is 2. The lowest BCUT2D eigenvalue weighted by Crippen LogP contribution is -2.41. The molecular weight excluding hydrogens is 430 g/mol. The molecule has 174 valence electrons. The lowest BCUT2D eigenvalue weighted by molar-refractivity contribution is -0.156. The van der Waals surface area contributed by atoms with Crippen LogP contribution in [0.15, 0.2) is 42.5 Å². The smallest absolute Gasteiger partial charge is 0.329 e. The largest absolute Gasteiger partial charge is 0.493 e. The Hall–Kier alpha value is -4.08.